The number of hydrogen-bond acceptors (Lipinski definition) is 4. The fourth-order valence-electron chi connectivity index (χ4n) is 5.09. The van der Waals surface area contributed by atoms with Crippen LogP contribution in [0.25, 0.3) is 16.6 Å². The molecule has 6 nitrogen and oxygen atoms in total. The Hall–Kier alpha value is -4.66. The van der Waals surface area contributed by atoms with Gasteiger partial charge in [-0.3, -0.25) is 19.3 Å². The number of hydrogen-bond donors (Lipinski definition) is 0. The van der Waals surface area contributed by atoms with Gasteiger partial charge in [0.05, 0.1) is 11.2 Å². The number of carbonyl (C=O) groups is 1. The molecule has 3 heterocycles. The lowest BCUT2D eigenvalue weighted by Crippen LogP contribution is -2.25. The Balaban J connectivity index is 1.31. The standard InChI is InChI=1S/C30H22F3N3O3/c31-19-9-10-21(32)25(17-19)36-30(38)29(24-7-3-4-14-35(24)36)26(37)16-18-8-11-28(22(33)15-18)39-27-12-13-34-23-6-2-1-5-20(23)27/h1-2,5-6,8-13,15,17H,3-4,7,14,16H2. The zero-order valence-corrected chi connectivity index (χ0v) is 20.7. The van der Waals surface area contributed by atoms with Crippen LogP contribution < -0.4 is 10.3 Å². The van der Waals surface area contributed by atoms with E-state index in [1.54, 1.807) is 23.0 Å². The van der Waals surface area contributed by atoms with Gasteiger partial charge in [0.2, 0.25) is 0 Å². The molecule has 0 amide bonds. The molecule has 1 aliphatic rings. The molecule has 3 aromatic carbocycles. The Kier molecular flexibility index (Phi) is 6.26. The highest BCUT2D eigenvalue weighted by molar-refractivity contribution is 5.98. The normalized spacial score (nSPS) is 12.9. The largest absolute Gasteiger partial charge is 0.454 e. The first kappa shape index (κ1) is 24.7. The van der Waals surface area contributed by atoms with Gasteiger partial charge in [0.15, 0.2) is 17.3 Å². The first-order valence-electron chi connectivity index (χ1n) is 12.5. The topological polar surface area (TPSA) is 66.1 Å². The zero-order valence-electron chi connectivity index (χ0n) is 20.7. The number of carbonyl (C=O) groups excluding carboxylic acids is 1. The summed E-state index contributed by atoms with van der Waals surface area (Å²) in [5.41, 5.74) is 0.484. The minimum absolute atomic E-state index is 0.0206. The highest BCUT2D eigenvalue weighted by atomic mass is 19.1. The number of aromatic nitrogens is 3. The van der Waals surface area contributed by atoms with Gasteiger partial charge in [0.1, 0.15) is 28.6 Å². The minimum atomic E-state index is -0.775. The average molecular weight is 530 g/mol. The smallest absolute Gasteiger partial charge is 0.282 e. The molecule has 0 spiro atoms. The maximum atomic E-state index is 15.0. The van der Waals surface area contributed by atoms with Crippen molar-refractivity contribution in [3.05, 3.63) is 118 Å². The number of rotatable bonds is 6. The van der Waals surface area contributed by atoms with E-state index in [1.807, 2.05) is 24.3 Å². The van der Waals surface area contributed by atoms with Crippen molar-refractivity contribution in [1.29, 1.82) is 0 Å². The molecule has 39 heavy (non-hydrogen) atoms. The first-order chi connectivity index (χ1) is 18.9. The van der Waals surface area contributed by atoms with Gasteiger partial charge in [0.25, 0.3) is 5.56 Å². The van der Waals surface area contributed by atoms with Crippen LogP contribution in [-0.4, -0.2) is 20.1 Å². The fourth-order valence-corrected chi connectivity index (χ4v) is 5.09. The third-order valence-electron chi connectivity index (χ3n) is 6.89. The van der Waals surface area contributed by atoms with Gasteiger partial charge in [-0.05, 0) is 67.3 Å². The van der Waals surface area contributed by atoms with Crippen LogP contribution in [0.1, 0.15) is 34.5 Å². The van der Waals surface area contributed by atoms with E-state index in [4.69, 9.17) is 4.74 Å². The molecule has 5 aromatic rings. The third kappa shape index (κ3) is 4.50. The number of fused-ring (bicyclic) bond motifs is 2. The molecule has 0 saturated heterocycles. The van der Waals surface area contributed by atoms with Crippen LogP contribution in [0.4, 0.5) is 13.2 Å². The molecular formula is C30H22F3N3O3. The van der Waals surface area contributed by atoms with Crippen molar-refractivity contribution >= 4 is 16.7 Å². The lowest BCUT2D eigenvalue weighted by molar-refractivity contribution is 0.0990. The van der Waals surface area contributed by atoms with Crippen molar-refractivity contribution in [2.45, 2.75) is 32.2 Å². The van der Waals surface area contributed by atoms with E-state index in [1.165, 1.54) is 12.1 Å². The second-order valence-electron chi connectivity index (χ2n) is 9.41. The Morgan fingerprint density at radius 2 is 1.77 bits per heavy atom. The van der Waals surface area contributed by atoms with Gasteiger partial charge in [-0.1, -0.05) is 18.2 Å². The average Bonchev–Trinajstić information content (AvgIpc) is 3.23. The van der Waals surface area contributed by atoms with Crippen molar-refractivity contribution in [2.75, 3.05) is 0 Å². The van der Waals surface area contributed by atoms with E-state index in [0.29, 0.717) is 35.5 Å². The van der Waals surface area contributed by atoms with Crippen LogP contribution in [0.3, 0.4) is 0 Å². The van der Waals surface area contributed by atoms with Gasteiger partial charge in [-0.25, -0.2) is 17.9 Å². The van der Waals surface area contributed by atoms with Gasteiger partial charge in [-0.2, -0.15) is 0 Å². The fraction of sp³-hybridized carbons (Fsp3) is 0.167. The van der Waals surface area contributed by atoms with Crippen LogP contribution in [0.2, 0.25) is 0 Å². The quantitative estimate of drug-likeness (QED) is 0.247. The maximum absolute atomic E-state index is 15.0. The number of para-hydroxylation sites is 1. The molecule has 0 N–H and O–H groups in total. The van der Waals surface area contributed by atoms with Gasteiger partial charge < -0.3 is 4.74 Å². The number of halogens is 3. The second kappa shape index (κ2) is 9.90. The SMILES string of the molecule is O=C(Cc1ccc(Oc2ccnc3ccccc23)c(F)c1)c1c2n(n(-c3cc(F)ccc3F)c1=O)CCCC2. The Morgan fingerprint density at radius 3 is 2.62 bits per heavy atom. The maximum Gasteiger partial charge on any atom is 0.282 e. The van der Waals surface area contributed by atoms with Crippen molar-refractivity contribution in [3.63, 3.8) is 0 Å². The van der Waals surface area contributed by atoms with Crippen LogP contribution in [0, 0.1) is 17.5 Å². The van der Waals surface area contributed by atoms with E-state index in [2.05, 4.69) is 4.98 Å². The number of pyridine rings is 1. The molecular weight excluding hydrogens is 507 g/mol. The predicted octanol–water partition coefficient (Wildman–Crippen LogP) is 6.16. The van der Waals surface area contributed by atoms with Crippen molar-refractivity contribution in [2.24, 2.45) is 0 Å². The minimum Gasteiger partial charge on any atom is -0.454 e. The zero-order chi connectivity index (χ0) is 27.1. The molecule has 9 heteroatoms. The molecule has 0 bridgehead atoms. The summed E-state index contributed by atoms with van der Waals surface area (Å²) in [5, 5.41) is 0.725. The van der Waals surface area contributed by atoms with Gasteiger partial charge in [-0.15, -0.1) is 0 Å². The summed E-state index contributed by atoms with van der Waals surface area (Å²) in [5.74, 6) is -2.24. The molecule has 0 radical (unpaired) electrons. The van der Waals surface area contributed by atoms with Crippen molar-refractivity contribution < 1.29 is 22.7 Å². The molecule has 6 rings (SSSR count). The van der Waals surface area contributed by atoms with E-state index in [9.17, 15) is 18.4 Å². The summed E-state index contributed by atoms with van der Waals surface area (Å²) in [6.07, 6.45) is 3.25. The monoisotopic (exact) mass is 529 g/mol. The van der Waals surface area contributed by atoms with Crippen LogP contribution >= 0.6 is 0 Å². The second-order valence-corrected chi connectivity index (χ2v) is 9.41. The number of nitrogens with zero attached hydrogens (tertiary/aromatic N) is 3. The summed E-state index contributed by atoms with van der Waals surface area (Å²) in [6.45, 7) is 0.387. The van der Waals surface area contributed by atoms with Crippen LogP contribution in [0.15, 0.2) is 77.7 Å². The van der Waals surface area contributed by atoms with Gasteiger partial charge in [0, 0.05) is 30.6 Å². The lowest BCUT2D eigenvalue weighted by atomic mass is 9.99. The predicted molar refractivity (Wildman–Crippen MR) is 139 cm³/mol. The van der Waals surface area contributed by atoms with E-state index in [0.717, 1.165) is 41.1 Å². The third-order valence-corrected chi connectivity index (χ3v) is 6.89. The molecule has 0 aliphatic carbocycles. The molecule has 196 valence electrons. The number of benzene rings is 3. The molecule has 1 aliphatic heterocycles. The molecule has 0 saturated carbocycles. The highest BCUT2D eigenvalue weighted by Crippen LogP contribution is 2.31. The summed E-state index contributed by atoms with van der Waals surface area (Å²) < 4.78 is 52.0. The molecule has 0 fully saturated rings. The van der Waals surface area contributed by atoms with Crippen LogP contribution in [0.5, 0.6) is 11.5 Å². The first-order valence-corrected chi connectivity index (χ1v) is 12.5. The van der Waals surface area contributed by atoms with Crippen molar-refractivity contribution in [3.8, 4) is 17.2 Å². The Labute approximate surface area is 220 Å². The van der Waals surface area contributed by atoms with E-state index >= 15 is 4.39 Å². The number of Topliss-reactive ketones (excluding diaryl/α,β-unsaturated/α-hetero) is 1. The number of ether oxygens (including phenoxy) is 1. The molecule has 2 aromatic heterocycles. The van der Waals surface area contributed by atoms with Crippen LogP contribution in [-0.2, 0) is 19.4 Å². The number of ketones is 1. The Bertz CT molecular complexity index is 1800. The summed E-state index contributed by atoms with van der Waals surface area (Å²) in [4.78, 5) is 31.1. The van der Waals surface area contributed by atoms with E-state index in [-0.39, 0.29) is 23.4 Å². The van der Waals surface area contributed by atoms with Gasteiger partial charge >= 0.3 is 0 Å². The highest BCUT2D eigenvalue weighted by Gasteiger charge is 2.29. The molecule has 0 atom stereocenters. The Morgan fingerprint density at radius 1 is 0.923 bits per heavy atom. The molecule has 0 unspecified atom stereocenters. The van der Waals surface area contributed by atoms with E-state index < -0.39 is 28.8 Å². The summed E-state index contributed by atoms with van der Waals surface area (Å²) in [7, 11) is 0. The summed E-state index contributed by atoms with van der Waals surface area (Å²) >= 11 is 0. The summed E-state index contributed by atoms with van der Waals surface area (Å²) in [6, 6.07) is 16.0. The van der Waals surface area contributed by atoms with Crippen molar-refractivity contribution in [1.82, 2.24) is 14.3 Å². The lowest BCUT2D eigenvalue weighted by Gasteiger charge is -2.19.